The van der Waals surface area contributed by atoms with Crippen LogP contribution in [0.15, 0.2) is 0 Å². The van der Waals surface area contributed by atoms with Crippen LogP contribution in [-0.4, -0.2) is 20.2 Å². The fourth-order valence-corrected chi connectivity index (χ4v) is 3.81. The molecule has 0 radical (unpaired) electrons. The highest BCUT2D eigenvalue weighted by Crippen LogP contribution is 2.19. The first-order valence-electron chi connectivity index (χ1n) is 6.65. The van der Waals surface area contributed by atoms with Crippen LogP contribution < -0.4 is 4.72 Å². The molecule has 1 N–H and O–H groups in total. The van der Waals surface area contributed by atoms with Crippen molar-refractivity contribution >= 4 is 10.0 Å². The van der Waals surface area contributed by atoms with Gasteiger partial charge in [0.05, 0.1) is 5.25 Å². The Bertz CT molecular complexity index is 275. The molecule has 0 bridgehead atoms. The van der Waals surface area contributed by atoms with E-state index in [2.05, 4.69) is 11.6 Å². The van der Waals surface area contributed by atoms with Crippen molar-refractivity contribution in [2.24, 2.45) is 0 Å². The van der Waals surface area contributed by atoms with Gasteiger partial charge in [-0.05, 0) is 12.8 Å². The van der Waals surface area contributed by atoms with E-state index in [0.717, 1.165) is 19.3 Å². The van der Waals surface area contributed by atoms with Crippen molar-refractivity contribution in [1.82, 2.24) is 4.72 Å². The number of nitrogens with one attached hydrogen (secondary N) is 1. The normalized spacial score (nSPS) is 23.7. The Morgan fingerprint density at radius 2 is 1.69 bits per heavy atom. The molecule has 1 saturated heterocycles. The van der Waals surface area contributed by atoms with Crippen LogP contribution in [0.2, 0.25) is 0 Å². The van der Waals surface area contributed by atoms with Gasteiger partial charge in [0.25, 0.3) is 0 Å². The molecular formula is C12H25NO2S. The van der Waals surface area contributed by atoms with Gasteiger partial charge in [-0.3, -0.25) is 0 Å². The van der Waals surface area contributed by atoms with Gasteiger partial charge in [-0.25, -0.2) is 13.1 Å². The van der Waals surface area contributed by atoms with Crippen molar-refractivity contribution in [1.29, 1.82) is 0 Å². The van der Waals surface area contributed by atoms with Crippen molar-refractivity contribution < 1.29 is 8.42 Å². The van der Waals surface area contributed by atoms with E-state index in [0.29, 0.717) is 6.54 Å². The number of hydrogen-bond acceptors (Lipinski definition) is 2. The zero-order valence-corrected chi connectivity index (χ0v) is 11.2. The molecule has 0 aromatic rings. The zero-order chi connectivity index (χ0) is 11.9. The van der Waals surface area contributed by atoms with Crippen LogP contribution in [0.3, 0.4) is 0 Å². The first-order valence-corrected chi connectivity index (χ1v) is 8.20. The molecule has 0 amide bonds. The number of hydrogen-bond donors (Lipinski definition) is 1. The summed E-state index contributed by atoms with van der Waals surface area (Å²) in [6.45, 7) is 2.86. The molecule has 1 aliphatic rings. The number of sulfonamides is 1. The lowest BCUT2D eigenvalue weighted by Gasteiger charge is -2.07. The first kappa shape index (κ1) is 14.0. The van der Waals surface area contributed by atoms with Gasteiger partial charge in [-0.15, -0.1) is 0 Å². The first-order chi connectivity index (χ1) is 7.67. The van der Waals surface area contributed by atoms with Crippen molar-refractivity contribution in [2.75, 3.05) is 6.54 Å². The Morgan fingerprint density at radius 1 is 1.06 bits per heavy atom. The molecule has 0 aromatic heterocycles. The van der Waals surface area contributed by atoms with E-state index >= 15 is 0 Å². The van der Waals surface area contributed by atoms with Crippen molar-refractivity contribution in [2.45, 2.75) is 70.0 Å². The molecule has 96 valence electrons. The molecule has 4 heteroatoms. The molecule has 1 heterocycles. The quantitative estimate of drug-likeness (QED) is 0.670. The molecule has 0 spiro atoms. The molecule has 16 heavy (non-hydrogen) atoms. The Balaban J connectivity index is 1.99. The molecule has 1 rings (SSSR count). The van der Waals surface area contributed by atoms with Crippen molar-refractivity contribution in [3.05, 3.63) is 0 Å². The zero-order valence-electron chi connectivity index (χ0n) is 10.4. The van der Waals surface area contributed by atoms with E-state index < -0.39 is 10.0 Å². The fraction of sp³-hybridized carbons (Fsp3) is 1.00. The van der Waals surface area contributed by atoms with Gasteiger partial charge in [-0.2, -0.15) is 0 Å². The highest BCUT2D eigenvalue weighted by Gasteiger charge is 2.29. The molecule has 1 aliphatic heterocycles. The van der Waals surface area contributed by atoms with Crippen LogP contribution in [0.1, 0.15) is 64.7 Å². The second-order valence-corrected chi connectivity index (χ2v) is 6.81. The Morgan fingerprint density at radius 3 is 2.25 bits per heavy atom. The van der Waals surface area contributed by atoms with E-state index in [1.54, 1.807) is 0 Å². The van der Waals surface area contributed by atoms with Gasteiger partial charge in [0.15, 0.2) is 0 Å². The van der Waals surface area contributed by atoms with Gasteiger partial charge in [0.2, 0.25) is 10.0 Å². The Labute approximate surface area is 100 Å². The van der Waals surface area contributed by atoms with Crippen LogP contribution >= 0.6 is 0 Å². The van der Waals surface area contributed by atoms with Gasteiger partial charge < -0.3 is 0 Å². The summed E-state index contributed by atoms with van der Waals surface area (Å²) in [6, 6.07) is 0. The van der Waals surface area contributed by atoms with E-state index in [4.69, 9.17) is 0 Å². The lowest BCUT2D eigenvalue weighted by molar-refractivity contribution is 0.548. The maximum atomic E-state index is 11.5. The van der Waals surface area contributed by atoms with E-state index in [-0.39, 0.29) is 5.25 Å². The largest absolute Gasteiger partial charge is 0.215 e. The third-order valence-electron chi connectivity index (χ3n) is 3.34. The molecule has 0 aliphatic carbocycles. The summed E-state index contributed by atoms with van der Waals surface area (Å²) in [5.74, 6) is 0. The summed E-state index contributed by atoms with van der Waals surface area (Å²) in [5, 5.41) is -0.108. The van der Waals surface area contributed by atoms with E-state index in [1.165, 1.54) is 38.5 Å². The summed E-state index contributed by atoms with van der Waals surface area (Å²) < 4.78 is 25.5. The third-order valence-corrected chi connectivity index (χ3v) is 5.29. The topological polar surface area (TPSA) is 46.2 Å². The summed E-state index contributed by atoms with van der Waals surface area (Å²) in [4.78, 5) is 0. The summed E-state index contributed by atoms with van der Waals surface area (Å²) in [6.07, 6.45) is 10.4. The standard InChI is InChI=1S/C12H25NO2S/c1-2-3-4-5-6-7-8-9-12-10-11-13-16(12,14)15/h12-13H,2-11H2,1H3. The molecule has 1 fully saturated rings. The molecule has 0 saturated carbocycles. The average molecular weight is 247 g/mol. The van der Waals surface area contributed by atoms with Gasteiger partial charge in [0.1, 0.15) is 0 Å². The SMILES string of the molecule is CCCCCCCCCC1CCNS1(=O)=O. The number of unbranched alkanes of at least 4 members (excludes halogenated alkanes) is 6. The summed E-state index contributed by atoms with van der Waals surface area (Å²) in [7, 11) is -2.94. The highest BCUT2D eigenvalue weighted by atomic mass is 32.2. The van der Waals surface area contributed by atoms with Crippen LogP contribution in [0.25, 0.3) is 0 Å². The molecule has 0 aromatic carbocycles. The van der Waals surface area contributed by atoms with Crippen molar-refractivity contribution in [3.63, 3.8) is 0 Å². The fourth-order valence-electron chi connectivity index (χ4n) is 2.26. The summed E-state index contributed by atoms with van der Waals surface area (Å²) >= 11 is 0. The lowest BCUT2D eigenvalue weighted by Crippen LogP contribution is -2.23. The van der Waals surface area contributed by atoms with Gasteiger partial charge in [-0.1, -0.05) is 51.9 Å². The van der Waals surface area contributed by atoms with E-state index in [1.807, 2.05) is 0 Å². The third kappa shape index (κ3) is 4.83. The van der Waals surface area contributed by atoms with Crippen LogP contribution in [-0.2, 0) is 10.0 Å². The van der Waals surface area contributed by atoms with Crippen LogP contribution in [0, 0.1) is 0 Å². The molecular weight excluding hydrogens is 222 g/mol. The second kappa shape index (κ2) is 7.28. The predicted octanol–water partition coefficient (Wildman–Crippen LogP) is 2.82. The number of rotatable bonds is 8. The van der Waals surface area contributed by atoms with Gasteiger partial charge >= 0.3 is 0 Å². The highest BCUT2D eigenvalue weighted by molar-refractivity contribution is 7.90. The predicted molar refractivity (Wildman–Crippen MR) is 67.9 cm³/mol. The monoisotopic (exact) mass is 247 g/mol. The van der Waals surface area contributed by atoms with Crippen LogP contribution in [0.5, 0.6) is 0 Å². The summed E-state index contributed by atoms with van der Waals surface area (Å²) in [5.41, 5.74) is 0. The average Bonchev–Trinajstić information content (AvgIpc) is 2.57. The van der Waals surface area contributed by atoms with Crippen molar-refractivity contribution in [3.8, 4) is 0 Å². The maximum absolute atomic E-state index is 11.5. The molecule has 1 atom stereocenters. The second-order valence-electron chi connectivity index (χ2n) is 4.76. The van der Waals surface area contributed by atoms with E-state index in [9.17, 15) is 8.42 Å². The Kier molecular flexibility index (Phi) is 6.36. The maximum Gasteiger partial charge on any atom is 0.214 e. The van der Waals surface area contributed by atoms with Crippen LogP contribution in [0.4, 0.5) is 0 Å². The molecule has 3 nitrogen and oxygen atoms in total. The minimum Gasteiger partial charge on any atom is -0.215 e. The minimum absolute atomic E-state index is 0.108. The smallest absolute Gasteiger partial charge is 0.214 e. The minimum atomic E-state index is -2.94. The lowest BCUT2D eigenvalue weighted by atomic mass is 10.1. The Hall–Kier alpha value is -0.0900. The van der Waals surface area contributed by atoms with Gasteiger partial charge in [0, 0.05) is 6.54 Å². The molecule has 1 unspecified atom stereocenters.